The lowest BCUT2D eigenvalue weighted by atomic mass is 10.1. The van der Waals surface area contributed by atoms with Crippen LogP contribution < -0.4 is 5.56 Å². The van der Waals surface area contributed by atoms with E-state index in [9.17, 15) is 9.90 Å². The second kappa shape index (κ2) is 11.1. The lowest BCUT2D eigenvalue weighted by molar-refractivity contribution is 0.00187. The number of aliphatic hydroxyl groups is 1. The Hall–Kier alpha value is -2.78. The number of aromatic nitrogens is 2. The summed E-state index contributed by atoms with van der Waals surface area (Å²) in [6, 6.07) is 11.8. The van der Waals surface area contributed by atoms with Gasteiger partial charge < -0.3 is 19.2 Å². The van der Waals surface area contributed by atoms with Crippen molar-refractivity contribution in [3.8, 4) is 11.1 Å². The molecule has 2 N–H and O–H groups in total. The number of benzene rings is 1. The second-order valence-electron chi connectivity index (χ2n) is 9.04. The van der Waals surface area contributed by atoms with E-state index in [1.807, 2.05) is 42.6 Å². The van der Waals surface area contributed by atoms with Crippen molar-refractivity contribution in [2.45, 2.75) is 40.0 Å². The minimum absolute atomic E-state index is 0.136. The van der Waals surface area contributed by atoms with Gasteiger partial charge in [0.05, 0.1) is 30.9 Å². The first-order valence-corrected chi connectivity index (χ1v) is 12.3. The molecule has 4 rings (SSSR count). The third-order valence-electron chi connectivity index (χ3n) is 5.46. The molecule has 0 aliphatic carbocycles. The van der Waals surface area contributed by atoms with Gasteiger partial charge in [-0.05, 0) is 30.5 Å². The zero-order chi connectivity index (χ0) is 24.1. The minimum atomic E-state index is -0.668. The monoisotopic (exact) mass is 481 g/mol. The summed E-state index contributed by atoms with van der Waals surface area (Å²) < 4.78 is 10.8. The van der Waals surface area contributed by atoms with Gasteiger partial charge in [-0.2, -0.15) is 0 Å². The summed E-state index contributed by atoms with van der Waals surface area (Å²) in [6.45, 7) is 8.42. The zero-order valence-corrected chi connectivity index (χ0v) is 20.6. The van der Waals surface area contributed by atoms with Crippen LogP contribution in [-0.2, 0) is 17.9 Å². The predicted octanol–water partition coefficient (Wildman–Crippen LogP) is 4.59. The van der Waals surface area contributed by atoms with Gasteiger partial charge in [-0.1, -0.05) is 43.7 Å². The first-order valence-electron chi connectivity index (χ1n) is 11.5. The number of aliphatic hydroxyl groups excluding tert-OH is 1. The van der Waals surface area contributed by atoms with Crippen molar-refractivity contribution in [2.75, 3.05) is 19.7 Å². The number of nitrogens with one attached hydrogen (secondary N) is 1. The fraction of sp³-hybridized carbons (Fsp3) is 0.385. The van der Waals surface area contributed by atoms with E-state index in [1.54, 1.807) is 12.3 Å². The van der Waals surface area contributed by atoms with E-state index in [1.165, 1.54) is 16.9 Å². The highest BCUT2D eigenvalue weighted by molar-refractivity contribution is 7.17. The third-order valence-corrected chi connectivity index (χ3v) is 6.33. The van der Waals surface area contributed by atoms with Crippen LogP contribution in [0.1, 0.15) is 31.0 Å². The van der Waals surface area contributed by atoms with Crippen LogP contribution in [0.25, 0.3) is 21.3 Å². The molecule has 0 bridgehead atoms. The Morgan fingerprint density at radius 3 is 2.71 bits per heavy atom. The average molecular weight is 482 g/mol. The largest absolute Gasteiger partial charge is 0.467 e. The fourth-order valence-corrected chi connectivity index (χ4v) is 4.95. The van der Waals surface area contributed by atoms with Crippen molar-refractivity contribution < 1.29 is 14.3 Å². The van der Waals surface area contributed by atoms with Crippen LogP contribution in [0.3, 0.4) is 0 Å². The molecule has 7 nitrogen and oxygen atoms in total. The molecule has 180 valence electrons. The van der Waals surface area contributed by atoms with E-state index in [-0.39, 0.29) is 12.2 Å². The predicted molar refractivity (Wildman–Crippen MR) is 135 cm³/mol. The normalized spacial score (nSPS) is 12.8. The van der Waals surface area contributed by atoms with E-state index in [4.69, 9.17) is 14.1 Å². The topological polar surface area (TPSA) is 91.6 Å². The highest BCUT2D eigenvalue weighted by atomic mass is 32.1. The van der Waals surface area contributed by atoms with Crippen LogP contribution in [0.4, 0.5) is 0 Å². The van der Waals surface area contributed by atoms with Crippen LogP contribution in [0.2, 0.25) is 0 Å². The molecule has 4 aromatic rings. The average Bonchev–Trinajstić information content (AvgIpc) is 3.44. The summed E-state index contributed by atoms with van der Waals surface area (Å²) in [6.07, 6.45) is 0.931. The molecule has 0 spiro atoms. The summed E-state index contributed by atoms with van der Waals surface area (Å²) in [5, 5.41) is 13.1. The number of aryl methyl sites for hydroxylation is 1. The van der Waals surface area contributed by atoms with Gasteiger partial charge >= 0.3 is 0 Å². The number of fused-ring (bicyclic) bond motifs is 1. The quantitative estimate of drug-likeness (QED) is 0.326. The highest BCUT2D eigenvalue weighted by Gasteiger charge is 2.18. The van der Waals surface area contributed by atoms with Crippen LogP contribution >= 0.6 is 11.3 Å². The molecule has 0 aliphatic heterocycles. The van der Waals surface area contributed by atoms with E-state index in [0.29, 0.717) is 36.8 Å². The van der Waals surface area contributed by atoms with E-state index in [0.717, 1.165) is 28.3 Å². The molecular formula is C26H31N3O4S. The first-order chi connectivity index (χ1) is 16.4. The van der Waals surface area contributed by atoms with Gasteiger partial charge in [0.15, 0.2) is 0 Å². The molecule has 0 amide bonds. The molecule has 3 heterocycles. The molecule has 0 aliphatic rings. The van der Waals surface area contributed by atoms with E-state index >= 15 is 0 Å². The van der Waals surface area contributed by atoms with E-state index < -0.39 is 6.10 Å². The maximum Gasteiger partial charge on any atom is 0.260 e. The summed E-state index contributed by atoms with van der Waals surface area (Å²) in [4.78, 5) is 23.6. The van der Waals surface area contributed by atoms with Crippen LogP contribution in [0.5, 0.6) is 0 Å². The van der Waals surface area contributed by atoms with Gasteiger partial charge in [-0.3, -0.25) is 9.69 Å². The Bertz CT molecular complexity index is 1250. The number of thiophene rings is 1. The molecule has 0 saturated heterocycles. The first kappa shape index (κ1) is 24.3. The molecule has 8 heteroatoms. The van der Waals surface area contributed by atoms with Crippen molar-refractivity contribution in [3.05, 3.63) is 75.5 Å². The smallest absolute Gasteiger partial charge is 0.260 e. The Morgan fingerprint density at radius 2 is 2.00 bits per heavy atom. The summed E-state index contributed by atoms with van der Waals surface area (Å²) >= 11 is 1.48. The number of aromatic amines is 1. The lowest BCUT2D eigenvalue weighted by Crippen LogP contribution is -2.37. The van der Waals surface area contributed by atoms with Crippen molar-refractivity contribution in [3.63, 3.8) is 0 Å². The molecule has 1 atom stereocenters. The summed E-state index contributed by atoms with van der Waals surface area (Å²) in [5.74, 6) is 1.71. The lowest BCUT2D eigenvalue weighted by Gasteiger charge is -2.26. The Labute approximate surface area is 203 Å². The maximum atomic E-state index is 13.0. The van der Waals surface area contributed by atoms with Gasteiger partial charge in [0.2, 0.25) is 0 Å². The van der Waals surface area contributed by atoms with Gasteiger partial charge in [-0.25, -0.2) is 4.98 Å². The Balaban J connectivity index is 1.46. The van der Waals surface area contributed by atoms with E-state index in [2.05, 4.69) is 23.7 Å². The summed E-state index contributed by atoms with van der Waals surface area (Å²) in [5.41, 5.74) is 2.96. The van der Waals surface area contributed by atoms with Gasteiger partial charge in [0.1, 0.15) is 23.0 Å². The number of hydrogen-bond donors (Lipinski definition) is 2. The van der Waals surface area contributed by atoms with Crippen molar-refractivity contribution in [1.29, 1.82) is 0 Å². The van der Waals surface area contributed by atoms with Gasteiger partial charge in [0, 0.05) is 24.0 Å². The molecule has 0 fully saturated rings. The number of nitrogens with zero attached hydrogens (tertiary/aromatic N) is 2. The van der Waals surface area contributed by atoms with Crippen LogP contribution in [-0.4, -0.2) is 45.8 Å². The standard InChI is InChI=1S/C26H31N3O4S/c1-17(2)11-29(12-20(30)14-32-15-21-5-4-10-33-21)13-23-27-25(31)24-22(16-34-26(24)28-23)19-8-6-18(3)7-9-19/h4-10,16-17,20,30H,11-15H2,1-3H3,(H,27,28,31). The fourth-order valence-electron chi connectivity index (χ4n) is 3.99. The molecule has 34 heavy (non-hydrogen) atoms. The number of ether oxygens (including phenoxy) is 1. The van der Waals surface area contributed by atoms with Gasteiger partial charge in [0.25, 0.3) is 5.56 Å². The van der Waals surface area contributed by atoms with Crippen molar-refractivity contribution in [1.82, 2.24) is 14.9 Å². The molecule has 0 saturated carbocycles. The SMILES string of the molecule is Cc1ccc(-c2csc3nc(CN(CC(C)C)CC(O)COCc4ccco4)[nH]c(=O)c23)cc1. The maximum absolute atomic E-state index is 13.0. The van der Waals surface area contributed by atoms with Gasteiger partial charge in [-0.15, -0.1) is 11.3 Å². The second-order valence-corrected chi connectivity index (χ2v) is 9.90. The molecule has 1 aromatic carbocycles. The molecular weight excluding hydrogens is 450 g/mol. The van der Waals surface area contributed by atoms with Crippen LogP contribution in [0, 0.1) is 12.8 Å². The number of rotatable bonds is 11. The molecule has 3 aromatic heterocycles. The van der Waals surface area contributed by atoms with Crippen molar-refractivity contribution >= 4 is 21.6 Å². The number of hydrogen-bond acceptors (Lipinski definition) is 7. The Kier molecular flexibility index (Phi) is 7.95. The number of H-pyrrole nitrogens is 1. The number of furan rings is 1. The third kappa shape index (κ3) is 6.21. The summed E-state index contributed by atoms with van der Waals surface area (Å²) in [7, 11) is 0. The zero-order valence-electron chi connectivity index (χ0n) is 19.8. The van der Waals surface area contributed by atoms with Crippen LogP contribution in [0.15, 0.2) is 57.3 Å². The minimum Gasteiger partial charge on any atom is -0.467 e. The van der Waals surface area contributed by atoms with Crippen molar-refractivity contribution in [2.24, 2.45) is 5.92 Å². The Morgan fingerprint density at radius 1 is 1.21 bits per heavy atom. The molecule has 1 unspecified atom stereocenters. The molecule has 0 radical (unpaired) electrons. The highest BCUT2D eigenvalue weighted by Crippen LogP contribution is 2.30.